The fourth-order valence-electron chi connectivity index (χ4n) is 3.04. The fourth-order valence-corrected chi connectivity index (χ4v) is 3.70. The van der Waals surface area contributed by atoms with Crippen molar-refractivity contribution in [2.24, 2.45) is 0 Å². The number of benzene rings is 2. The summed E-state index contributed by atoms with van der Waals surface area (Å²) < 4.78 is 0. The number of nitrogens with one attached hydrogen (secondary N) is 1. The van der Waals surface area contributed by atoms with Crippen molar-refractivity contribution in [3.8, 4) is 0 Å². The first-order valence-corrected chi connectivity index (χ1v) is 10.6. The Morgan fingerprint density at radius 1 is 1.00 bits per heavy atom. The summed E-state index contributed by atoms with van der Waals surface area (Å²) in [7, 11) is 0. The molecule has 0 aliphatic heterocycles. The Labute approximate surface area is 187 Å². The van der Waals surface area contributed by atoms with E-state index in [9.17, 15) is 9.59 Å². The summed E-state index contributed by atoms with van der Waals surface area (Å²) in [6.45, 7) is 5.94. The van der Waals surface area contributed by atoms with Crippen LogP contribution in [0, 0.1) is 0 Å². The van der Waals surface area contributed by atoms with Gasteiger partial charge in [-0.3, -0.25) is 9.59 Å². The van der Waals surface area contributed by atoms with Crippen LogP contribution >= 0.6 is 34.8 Å². The molecule has 4 nitrogen and oxygen atoms in total. The summed E-state index contributed by atoms with van der Waals surface area (Å²) in [6.07, 6.45) is 0.492. The molecule has 0 fully saturated rings. The SMILES string of the molecule is CC[C@H](C(=O)NC(C)C)N(Cc1ccc(Cl)cc1)C(=O)Cc1c(Cl)cccc1Cl. The van der Waals surface area contributed by atoms with E-state index in [-0.39, 0.29) is 30.8 Å². The van der Waals surface area contributed by atoms with Gasteiger partial charge in [-0.05, 0) is 55.7 Å². The van der Waals surface area contributed by atoms with Crippen LogP contribution in [0.25, 0.3) is 0 Å². The molecule has 0 heterocycles. The number of nitrogens with zero attached hydrogens (tertiary/aromatic N) is 1. The van der Waals surface area contributed by atoms with Gasteiger partial charge in [-0.2, -0.15) is 0 Å². The van der Waals surface area contributed by atoms with Crippen molar-refractivity contribution in [2.75, 3.05) is 0 Å². The van der Waals surface area contributed by atoms with E-state index < -0.39 is 6.04 Å². The highest BCUT2D eigenvalue weighted by Gasteiger charge is 2.29. The molecule has 7 heteroatoms. The molecular formula is C22H25Cl3N2O2. The van der Waals surface area contributed by atoms with Crippen LogP contribution in [-0.2, 0) is 22.6 Å². The van der Waals surface area contributed by atoms with Crippen molar-refractivity contribution in [2.45, 2.75) is 52.2 Å². The van der Waals surface area contributed by atoms with Gasteiger partial charge in [-0.25, -0.2) is 0 Å². The average Bonchev–Trinajstić information content (AvgIpc) is 2.65. The Morgan fingerprint density at radius 3 is 2.10 bits per heavy atom. The van der Waals surface area contributed by atoms with Gasteiger partial charge in [-0.15, -0.1) is 0 Å². The highest BCUT2D eigenvalue weighted by molar-refractivity contribution is 6.36. The third-order valence-electron chi connectivity index (χ3n) is 4.47. The maximum atomic E-state index is 13.3. The van der Waals surface area contributed by atoms with E-state index >= 15 is 0 Å². The number of hydrogen-bond donors (Lipinski definition) is 1. The predicted molar refractivity (Wildman–Crippen MR) is 120 cm³/mol. The summed E-state index contributed by atoms with van der Waals surface area (Å²) in [5.41, 5.74) is 1.44. The van der Waals surface area contributed by atoms with Crippen molar-refractivity contribution in [1.29, 1.82) is 0 Å². The average molecular weight is 456 g/mol. The van der Waals surface area contributed by atoms with Crippen molar-refractivity contribution >= 4 is 46.6 Å². The molecule has 0 radical (unpaired) electrons. The van der Waals surface area contributed by atoms with Gasteiger partial charge in [0.15, 0.2) is 0 Å². The molecule has 0 aliphatic rings. The topological polar surface area (TPSA) is 49.4 Å². The monoisotopic (exact) mass is 454 g/mol. The van der Waals surface area contributed by atoms with Gasteiger partial charge in [0.25, 0.3) is 0 Å². The Kier molecular flexibility index (Phi) is 8.81. The van der Waals surface area contributed by atoms with Crippen molar-refractivity contribution in [3.05, 3.63) is 68.7 Å². The maximum Gasteiger partial charge on any atom is 0.243 e. The van der Waals surface area contributed by atoms with Crippen LogP contribution in [0.4, 0.5) is 0 Å². The normalized spacial score (nSPS) is 12.0. The quantitative estimate of drug-likeness (QED) is 0.569. The van der Waals surface area contributed by atoms with E-state index in [1.807, 2.05) is 32.9 Å². The molecule has 156 valence electrons. The van der Waals surface area contributed by atoms with Gasteiger partial charge < -0.3 is 10.2 Å². The number of halogens is 3. The Bertz CT molecular complexity index is 833. The highest BCUT2D eigenvalue weighted by atomic mass is 35.5. The van der Waals surface area contributed by atoms with Crippen LogP contribution in [0.1, 0.15) is 38.3 Å². The second kappa shape index (κ2) is 10.9. The van der Waals surface area contributed by atoms with Gasteiger partial charge in [0.2, 0.25) is 11.8 Å². The standard InChI is InChI=1S/C22H25Cl3N2O2/c1-4-20(22(29)26-14(2)3)27(13-15-8-10-16(23)11-9-15)21(28)12-17-18(24)6-5-7-19(17)25/h5-11,14,20H,4,12-13H2,1-3H3,(H,26,29)/t20-/m1/s1. The molecule has 2 rings (SSSR count). The first-order chi connectivity index (χ1) is 13.7. The van der Waals surface area contributed by atoms with Crippen LogP contribution in [0.15, 0.2) is 42.5 Å². The van der Waals surface area contributed by atoms with Crippen LogP contribution in [-0.4, -0.2) is 28.8 Å². The number of carbonyl (C=O) groups is 2. The molecular weight excluding hydrogens is 431 g/mol. The number of carbonyl (C=O) groups excluding carboxylic acids is 2. The van der Waals surface area contributed by atoms with E-state index in [1.54, 1.807) is 35.2 Å². The summed E-state index contributed by atoms with van der Waals surface area (Å²) in [6, 6.07) is 11.7. The van der Waals surface area contributed by atoms with Crippen LogP contribution in [0.5, 0.6) is 0 Å². The van der Waals surface area contributed by atoms with Crippen molar-refractivity contribution in [3.63, 3.8) is 0 Å². The maximum absolute atomic E-state index is 13.3. The highest BCUT2D eigenvalue weighted by Crippen LogP contribution is 2.26. The van der Waals surface area contributed by atoms with Gasteiger partial charge in [-0.1, -0.05) is 59.9 Å². The van der Waals surface area contributed by atoms with Crippen molar-refractivity contribution < 1.29 is 9.59 Å². The molecule has 0 bridgehead atoms. The third kappa shape index (κ3) is 6.63. The van der Waals surface area contributed by atoms with Crippen LogP contribution < -0.4 is 5.32 Å². The minimum Gasteiger partial charge on any atom is -0.352 e. The Morgan fingerprint density at radius 2 is 1.59 bits per heavy atom. The summed E-state index contributed by atoms with van der Waals surface area (Å²) in [4.78, 5) is 27.6. The Balaban J connectivity index is 2.34. The molecule has 2 amide bonds. The predicted octanol–water partition coefficient (Wildman–Crippen LogP) is 5.52. The Hall–Kier alpha value is -1.75. The number of rotatable bonds is 8. The van der Waals surface area contributed by atoms with Gasteiger partial charge in [0, 0.05) is 27.7 Å². The number of amides is 2. The zero-order valence-electron chi connectivity index (χ0n) is 16.7. The minimum absolute atomic E-state index is 0.0115. The van der Waals surface area contributed by atoms with E-state index in [4.69, 9.17) is 34.8 Å². The summed E-state index contributed by atoms with van der Waals surface area (Å²) >= 11 is 18.5. The second-order valence-corrected chi connectivity index (χ2v) is 8.36. The molecule has 0 aromatic heterocycles. The smallest absolute Gasteiger partial charge is 0.243 e. The van der Waals surface area contributed by atoms with Gasteiger partial charge >= 0.3 is 0 Å². The van der Waals surface area contributed by atoms with E-state index in [0.29, 0.717) is 27.1 Å². The zero-order chi connectivity index (χ0) is 21.6. The largest absolute Gasteiger partial charge is 0.352 e. The molecule has 2 aromatic carbocycles. The molecule has 0 saturated carbocycles. The minimum atomic E-state index is -0.609. The summed E-state index contributed by atoms with van der Waals surface area (Å²) in [5.74, 6) is -0.407. The van der Waals surface area contributed by atoms with E-state index in [0.717, 1.165) is 5.56 Å². The van der Waals surface area contributed by atoms with Gasteiger partial charge in [0.1, 0.15) is 6.04 Å². The van der Waals surface area contributed by atoms with Crippen LogP contribution in [0.2, 0.25) is 15.1 Å². The molecule has 0 saturated heterocycles. The molecule has 1 atom stereocenters. The lowest BCUT2D eigenvalue weighted by Crippen LogP contribution is -2.50. The van der Waals surface area contributed by atoms with Crippen LogP contribution in [0.3, 0.4) is 0 Å². The molecule has 1 N–H and O–H groups in total. The zero-order valence-corrected chi connectivity index (χ0v) is 19.0. The van der Waals surface area contributed by atoms with Gasteiger partial charge in [0.05, 0.1) is 6.42 Å². The molecule has 0 spiro atoms. The molecule has 0 aliphatic carbocycles. The third-order valence-corrected chi connectivity index (χ3v) is 5.43. The lowest BCUT2D eigenvalue weighted by Gasteiger charge is -2.31. The summed E-state index contributed by atoms with van der Waals surface area (Å²) in [5, 5.41) is 4.37. The first-order valence-electron chi connectivity index (χ1n) is 9.50. The van der Waals surface area contributed by atoms with E-state index in [2.05, 4.69) is 5.32 Å². The van der Waals surface area contributed by atoms with E-state index in [1.165, 1.54) is 0 Å². The molecule has 29 heavy (non-hydrogen) atoms. The lowest BCUT2D eigenvalue weighted by atomic mass is 10.1. The van der Waals surface area contributed by atoms with Crippen molar-refractivity contribution in [1.82, 2.24) is 10.2 Å². The lowest BCUT2D eigenvalue weighted by molar-refractivity contribution is -0.141. The second-order valence-electron chi connectivity index (χ2n) is 7.11. The number of hydrogen-bond acceptors (Lipinski definition) is 2. The fraction of sp³-hybridized carbons (Fsp3) is 0.364. The first kappa shape index (κ1) is 23.5. The molecule has 0 unspecified atom stereocenters. The molecule has 2 aromatic rings.